The van der Waals surface area contributed by atoms with Crippen LogP contribution in [0.15, 0.2) is 12.1 Å². The fourth-order valence-electron chi connectivity index (χ4n) is 3.29. The zero-order valence-corrected chi connectivity index (χ0v) is 16.0. The van der Waals surface area contributed by atoms with Gasteiger partial charge in [0.15, 0.2) is 0 Å². The Balaban J connectivity index is 1.88. The van der Waals surface area contributed by atoms with Gasteiger partial charge in [-0.25, -0.2) is 13.6 Å². The highest BCUT2D eigenvalue weighted by Gasteiger charge is 2.73. The molecule has 2 aliphatic rings. The van der Waals surface area contributed by atoms with Crippen molar-refractivity contribution in [2.75, 3.05) is 18.1 Å². The van der Waals surface area contributed by atoms with Gasteiger partial charge in [0, 0.05) is 19.9 Å². The molecule has 1 aromatic heterocycles. The van der Waals surface area contributed by atoms with E-state index in [4.69, 9.17) is 9.47 Å². The van der Waals surface area contributed by atoms with Gasteiger partial charge in [0.05, 0.1) is 17.1 Å². The maximum atomic E-state index is 14.1. The highest BCUT2D eigenvalue weighted by Crippen LogP contribution is 2.61. The number of halogens is 2. The van der Waals surface area contributed by atoms with E-state index in [1.165, 1.54) is 17.9 Å². The van der Waals surface area contributed by atoms with Crippen molar-refractivity contribution in [1.82, 2.24) is 4.98 Å². The Morgan fingerprint density at radius 2 is 1.96 bits per heavy atom. The van der Waals surface area contributed by atoms with Gasteiger partial charge in [-0.2, -0.15) is 0 Å². The predicted octanol–water partition coefficient (Wildman–Crippen LogP) is 3.61. The smallest absolute Gasteiger partial charge is 0.414 e. The Morgan fingerprint density at radius 3 is 2.52 bits per heavy atom. The summed E-state index contributed by atoms with van der Waals surface area (Å²) < 4.78 is 38.5. The summed E-state index contributed by atoms with van der Waals surface area (Å²) >= 11 is 0. The number of hydrogen-bond donors (Lipinski definition) is 0. The number of nitrogens with zero attached hydrogens (tertiary/aromatic N) is 2. The highest BCUT2D eigenvalue weighted by atomic mass is 19.3. The van der Waals surface area contributed by atoms with Crippen LogP contribution in [0.25, 0.3) is 0 Å². The molecule has 0 bridgehead atoms. The molecule has 1 saturated carbocycles. The molecule has 6 nitrogen and oxygen atoms in total. The van der Waals surface area contributed by atoms with Crippen LogP contribution in [-0.4, -0.2) is 41.7 Å². The van der Waals surface area contributed by atoms with Crippen molar-refractivity contribution in [3.63, 3.8) is 0 Å². The van der Waals surface area contributed by atoms with Crippen LogP contribution in [0.4, 0.5) is 19.3 Å². The maximum absolute atomic E-state index is 14.1. The van der Waals surface area contributed by atoms with E-state index in [0.29, 0.717) is 30.8 Å². The summed E-state index contributed by atoms with van der Waals surface area (Å²) in [4.78, 5) is 29.4. The van der Waals surface area contributed by atoms with Gasteiger partial charge in [-0.15, -0.1) is 0 Å². The molecule has 0 N–H and O–H groups in total. The van der Waals surface area contributed by atoms with E-state index in [-0.39, 0.29) is 5.69 Å². The molecule has 0 saturated heterocycles. The van der Waals surface area contributed by atoms with Gasteiger partial charge in [0.2, 0.25) is 0 Å². The molecule has 1 aromatic rings. The lowest BCUT2D eigenvalue weighted by atomic mass is 9.99. The van der Waals surface area contributed by atoms with Crippen molar-refractivity contribution in [3.05, 3.63) is 23.5 Å². The first-order chi connectivity index (χ1) is 12.5. The van der Waals surface area contributed by atoms with Gasteiger partial charge in [0.25, 0.3) is 5.92 Å². The van der Waals surface area contributed by atoms with E-state index in [1.807, 2.05) is 0 Å². The van der Waals surface area contributed by atoms with Crippen molar-refractivity contribution < 1.29 is 27.8 Å². The van der Waals surface area contributed by atoms with Gasteiger partial charge in [-0.3, -0.25) is 14.7 Å². The molecule has 1 fully saturated rings. The molecular formula is C19H24F2N2O4. The van der Waals surface area contributed by atoms with E-state index < -0.39 is 42.0 Å². The minimum atomic E-state index is -2.97. The molecule has 27 heavy (non-hydrogen) atoms. The first-order valence-electron chi connectivity index (χ1n) is 8.97. The molecule has 2 heterocycles. The van der Waals surface area contributed by atoms with Crippen LogP contribution in [0.1, 0.15) is 51.9 Å². The largest absolute Gasteiger partial charge is 0.465 e. The Hall–Kier alpha value is -2.25. The third kappa shape index (κ3) is 3.75. The number of ether oxygens (including phenoxy) is 2. The summed E-state index contributed by atoms with van der Waals surface area (Å²) in [6.45, 7) is 6.61. The van der Waals surface area contributed by atoms with Crippen molar-refractivity contribution >= 4 is 17.7 Å². The lowest BCUT2D eigenvalue weighted by Gasteiger charge is -2.31. The van der Waals surface area contributed by atoms with Gasteiger partial charge in [0.1, 0.15) is 17.6 Å². The number of amides is 1. The second kappa shape index (κ2) is 6.42. The maximum Gasteiger partial charge on any atom is 0.414 e. The first-order valence-corrected chi connectivity index (χ1v) is 8.97. The van der Waals surface area contributed by atoms with Crippen molar-refractivity contribution in [3.8, 4) is 0 Å². The third-order valence-electron chi connectivity index (χ3n) is 4.76. The number of fused-ring (bicyclic) bond motifs is 1. The van der Waals surface area contributed by atoms with Crippen LogP contribution in [0.3, 0.4) is 0 Å². The number of pyridine rings is 1. The Labute approximate surface area is 156 Å². The SMILES string of the molecule is CC(=O)OCC1(c2ccc3c(n2)CCCN3C(=O)OC(C)(C)C)CC1(F)F. The molecule has 1 amide bonds. The summed E-state index contributed by atoms with van der Waals surface area (Å²) in [7, 11) is 0. The second-order valence-corrected chi connectivity index (χ2v) is 8.14. The predicted molar refractivity (Wildman–Crippen MR) is 94.0 cm³/mol. The van der Waals surface area contributed by atoms with E-state index in [1.54, 1.807) is 26.8 Å². The summed E-state index contributed by atoms with van der Waals surface area (Å²) in [5, 5.41) is 0. The minimum Gasteiger partial charge on any atom is -0.465 e. The number of esters is 1. The number of anilines is 1. The first kappa shape index (κ1) is 19.5. The quantitative estimate of drug-likeness (QED) is 0.747. The van der Waals surface area contributed by atoms with Crippen LogP contribution in [0.5, 0.6) is 0 Å². The molecule has 0 aromatic carbocycles. The van der Waals surface area contributed by atoms with Crippen LogP contribution in [0, 0.1) is 0 Å². The molecule has 148 valence electrons. The Kier molecular flexibility index (Phi) is 4.64. The van der Waals surface area contributed by atoms with Crippen LogP contribution in [0.2, 0.25) is 0 Å². The fraction of sp³-hybridized carbons (Fsp3) is 0.632. The monoisotopic (exact) mass is 382 g/mol. The molecule has 3 rings (SSSR count). The van der Waals surface area contributed by atoms with Gasteiger partial charge >= 0.3 is 12.1 Å². The number of aryl methyl sites for hydroxylation is 1. The number of hydrogen-bond acceptors (Lipinski definition) is 5. The van der Waals surface area contributed by atoms with E-state index in [2.05, 4.69) is 4.98 Å². The molecule has 1 aliphatic heterocycles. The topological polar surface area (TPSA) is 68.7 Å². The van der Waals surface area contributed by atoms with Crippen molar-refractivity contribution in [2.45, 2.75) is 63.9 Å². The summed E-state index contributed by atoms with van der Waals surface area (Å²) in [6, 6.07) is 3.12. The van der Waals surface area contributed by atoms with Gasteiger partial charge in [-0.1, -0.05) is 0 Å². The molecule has 8 heteroatoms. The molecular weight excluding hydrogens is 358 g/mol. The van der Waals surface area contributed by atoms with Gasteiger partial charge in [-0.05, 0) is 45.7 Å². The van der Waals surface area contributed by atoms with Crippen LogP contribution < -0.4 is 4.90 Å². The average molecular weight is 382 g/mol. The summed E-state index contributed by atoms with van der Waals surface area (Å²) in [5.74, 6) is -3.57. The van der Waals surface area contributed by atoms with Crippen molar-refractivity contribution in [2.24, 2.45) is 0 Å². The normalized spacial score (nSPS) is 23.4. The number of carbonyl (C=O) groups is 2. The Morgan fingerprint density at radius 1 is 1.30 bits per heavy atom. The van der Waals surface area contributed by atoms with Crippen molar-refractivity contribution in [1.29, 1.82) is 0 Å². The second-order valence-electron chi connectivity index (χ2n) is 8.14. The van der Waals surface area contributed by atoms with E-state index in [9.17, 15) is 18.4 Å². The van der Waals surface area contributed by atoms with Crippen LogP contribution in [-0.2, 0) is 26.1 Å². The number of aromatic nitrogens is 1. The lowest BCUT2D eigenvalue weighted by Crippen LogP contribution is -2.40. The summed E-state index contributed by atoms with van der Waals surface area (Å²) in [5.41, 5.74) is -0.868. The lowest BCUT2D eigenvalue weighted by molar-refractivity contribution is -0.142. The fourth-order valence-corrected chi connectivity index (χ4v) is 3.29. The standard InChI is InChI=1S/C19H24F2N2O4/c1-12(24)26-11-18(10-19(18,20)21)15-8-7-14-13(22-15)6-5-9-23(14)16(25)27-17(2,3)4/h7-8H,5-6,9-11H2,1-4H3. The third-order valence-corrected chi connectivity index (χ3v) is 4.76. The van der Waals surface area contributed by atoms with E-state index >= 15 is 0 Å². The zero-order chi connectivity index (χ0) is 20.0. The Bertz CT molecular complexity index is 775. The number of carbonyl (C=O) groups excluding carboxylic acids is 2. The van der Waals surface area contributed by atoms with Gasteiger partial charge < -0.3 is 9.47 Å². The molecule has 0 radical (unpaired) electrons. The minimum absolute atomic E-state index is 0.193. The summed E-state index contributed by atoms with van der Waals surface area (Å²) in [6.07, 6.45) is 0.354. The zero-order valence-electron chi connectivity index (χ0n) is 16.0. The molecule has 1 unspecified atom stereocenters. The average Bonchev–Trinajstić information content (AvgIpc) is 3.13. The molecule has 1 aliphatic carbocycles. The number of alkyl halides is 2. The van der Waals surface area contributed by atoms with Crippen LogP contribution >= 0.6 is 0 Å². The molecule has 0 spiro atoms. The molecule has 1 atom stereocenters. The van der Waals surface area contributed by atoms with E-state index in [0.717, 1.165) is 0 Å². The highest BCUT2D eigenvalue weighted by molar-refractivity contribution is 5.89. The number of rotatable bonds is 3.